The predicted molar refractivity (Wildman–Crippen MR) is 109 cm³/mol. The van der Waals surface area contributed by atoms with Crippen LogP contribution in [-0.2, 0) is 17.6 Å². The zero-order valence-corrected chi connectivity index (χ0v) is 16.0. The van der Waals surface area contributed by atoms with E-state index in [0.717, 1.165) is 33.8 Å². The number of aryl methyl sites for hydroxylation is 2. The molecule has 0 saturated carbocycles. The highest BCUT2D eigenvalue weighted by atomic mass is 32.2. The van der Waals surface area contributed by atoms with Gasteiger partial charge in [0.1, 0.15) is 16.2 Å². The molecule has 0 radical (unpaired) electrons. The van der Waals surface area contributed by atoms with E-state index in [2.05, 4.69) is 16.5 Å². The number of thiophene rings is 1. The molecular formula is C20H19N3OS2. The van der Waals surface area contributed by atoms with E-state index in [1.54, 1.807) is 28.6 Å². The monoisotopic (exact) mass is 381 g/mol. The summed E-state index contributed by atoms with van der Waals surface area (Å²) in [6.45, 7) is 4.28. The molecule has 2 heterocycles. The predicted octanol–water partition coefficient (Wildman–Crippen LogP) is 4.49. The van der Waals surface area contributed by atoms with E-state index in [1.807, 2.05) is 30.3 Å². The van der Waals surface area contributed by atoms with E-state index in [1.165, 1.54) is 28.6 Å². The first kappa shape index (κ1) is 17.2. The molecule has 0 atom stereocenters. The fourth-order valence-electron chi connectivity index (χ4n) is 3.31. The van der Waals surface area contributed by atoms with E-state index in [-0.39, 0.29) is 5.91 Å². The van der Waals surface area contributed by atoms with Gasteiger partial charge in [-0.1, -0.05) is 36.0 Å². The normalized spacial score (nSPS) is 12.9. The summed E-state index contributed by atoms with van der Waals surface area (Å²) in [6, 6.07) is 9.72. The number of rotatable bonds is 6. The molecule has 2 aromatic heterocycles. The van der Waals surface area contributed by atoms with Crippen molar-refractivity contribution >= 4 is 44.9 Å². The maximum Gasteiger partial charge on any atom is 0.237 e. The van der Waals surface area contributed by atoms with Crippen LogP contribution in [0.25, 0.3) is 10.2 Å². The molecule has 1 aromatic carbocycles. The second kappa shape index (κ2) is 7.60. The number of fused-ring (bicyclic) bond motifs is 3. The molecule has 26 heavy (non-hydrogen) atoms. The van der Waals surface area contributed by atoms with Crippen molar-refractivity contribution in [3.05, 3.63) is 59.8 Å². The van der Waals surface area contributed by atoms with Crippen LogP contribution in [0.2, 0.25) is 0 Å². The third kappa shape index (κ3) is 3.27. The van der Waals surface area contributed by atoms with E-state index < -0.39 is 0 Å². The third-order valence-electron chi connectivity index (χ3n) is 4.48. The number of aromatic nitrogens is 2. The maximum absolute atomic E-state index is 12.8. The minimum absolute atomic E-state index is 0.0553. The summed E-state index contributed by atoms with van der Waals surface area (Å²) in [6.07, 6.45) is 6.80. The Hall–Kier alpha value is -2.18. The van der Waals surface area contributed by atoms with Crippen molar-refractivity contribution in [3.63, 3.8) is 0 Å². The summed E-state index contributed by atoms with van der Waals surface area (Å²) in [5.41, 5.74) is 2.29. The van der Waals surface area contributed by atoms with Gasteiger partial charge in [0.15, 0.2) is 0 Å². The van der Waals surface area contributed by atoms with Gasteiger partial charge < -0.3 is 4.90 Å². The van der Waals surface area contributed by atoms with Crippen LogP contribution in [0.3, 0.4) is 0 Å². The number of hydrogen-bond acceptors (Lipinski definition) is 5. The lowest BCUT2D eigenvalue weighted by molar-refractivity contribution is -0.116. The van der Waals surface area contributed by atoms with Gasteiger partial charge in [0, 0.05) is 22.5 Å². The summed E-state index contributed by atoms with van der Waals surface area (Å²) in [7, 11) is 0. The lowest BCUT2D eigenvalue weighted by atomic mass is 10.2. The molecular weight excluding hydrogens is 362 g/mol. The van der Waals surface area contributed by atoms with Gasteiger partial charge in [0.05, 0.1) is 5.75 Å². The van der Waals surface area contributed by atoms with Crippen LogP contribution in [0, 0.1) is 0 Å². The number of carbonyl (C=O) groups excluding carboxylic acids is 1. The van der Waals surface area contributed by atoms with E-state index in [4.69, 9.17) is 0 Å². The maximum atomic E-state index is 12.8. The number of anilines is 1. The molecule has 4 nitrogen and oxygen atoms in total. The first-order valence-electron chi connectivity index (χ1n) is 8.62. The topological polar surface area (TPSA) is 46.1 Å². The Labute approximate surface area is 161 Å². The van der Waals surface area contributed by atoms with Crippen molar-refractivity contribution in [1.82, 2.24) is 9.97 Å². The largest absolute Gasteiger partial charge is 0.308 e. The Kier molecular flexibility index (Phi) is 5.04. The van der Waals surface area contributed by atoms with E-state index in [9.17, 15) is 4.79 Å². The van der Waals surface area contributed by atoms with Crippen LogP contribution in [0.4, 0.5) is 5.69 Å². The van der Waals surface area contributed by atoms with Crippen LogP contribution in [0.15, 0.2) is 54.3 Å². The molecule has 0 fully saturated rings. The molecule has 1 amide bonds. The number of hydrogen-bond donors (Lipinski definition) is 0. The summed E-state index contributed by atoms with van der Waals surface area (Å²) < 4.78 is 0. The van der Waals surface area contributed by atoms with Gasteiger partial charge in [-0.3, -0.25) is 4.79 Å². The van der Waals surface area contributed by atoms with E-state index in [0.29, 0.717) is 12.3 Å². The van der Waals surface area contributed by atoms with Gasteiger partial charge in [-0.2, -0.15) is 0 Å². The fourth-order valence-corrected chi connectivity index (χ4v) is 5.50. The Morgan fingerprint density at radius 3 is 2.92 bits per heavy atom. The molecule has 0 bridgehead atoms. The third-order valence-corrected chi connectivity index (χ3v) is 6.65. The number of para-hydroxylation sites is 1. The molecule has 1 aliphatic carbocycles. The van der Waals surface area contributed by atoms with Gasteiger partial charge in [-0.15, -0.1) is 17.9 Å². The minimum atomic E-state index is 0.0553. The molecule has 0 N–H and O–H groups in total. The van der Waals surface area contributed by atoms with Crippen molar-refractivity contribution in [2.45, 2.75) is 24.3 Å². The molecule has 6 heteroatoms. The molecule has 0 unspecified atom stereocenters. The minimum Gasteiger partial charge on any atom is -0.308 e. The standard InChI is InChI=1S/C20H19N3OS2/c1-2-11-23(14-7-4-3-5-8-14)17(24)12-25-19-18-15-9-6-10-16(15)26-20(18)22-13-21-19/h2-5,7-8,13H,1,6,9-12H2. The van der Waals surface area contributed by atoms with Crippen LogP contribution in [0.5, 0.6) is 0 Å². The van der Waals surface area contributed by atoms with E-state index >= 15 is 0 Å². The Balaban J connectivity index is 1.56. The number of nitrogens with zero attached hydrogens (tertiary/aromatic N) is 3. The van der Waals surface area contributed by atoms with Crippen molar-refractivity contribution in [3.8, 4) is 0 Å². The molecule has 132 valence electrons. The molecule has 4 rings (SSSR count). The van der Waals surface area contributed by atoms with Crippen LogP contribution < -0.4 is 4.90 Å². The van der Waals surface area contributed by atoms with Crippen molar-refractivity contribution in [1.29, 1.82) is 0 Å². The lowest BCUT2D eigenvalue weighted by Crippen LogP contribution is -2.32. The van der Waals surface area contributed by atoms with Gasteiger partial charge in [0.2, 0.25) is 5.91 Å². The second-order valence-corrected chi connectivity index (χ2v) is 8.18. The Bertz CT molecular complexity index is 952. The quantitative estimate of drug-likeness (QED) is 0.358. The molecule has 1 aliphatic rings. The number of benzene rings is 1. The van der Waals surface area contributed by atoms with Gasteiger partial charge in [0.25, 0.3) is 0 Å². The fraction of sp³-hybridized carbons (Fsp3) is 0.250. The zero-order chi connectivity index (χ0) is 17.9. The van der Waals surface area contributed by atoms with Crippen molar-refractivity contribution in [2.75, 3.05) is 17.2 Å². The zero-order valence-electron chi connectivity index (χ0n) is 14.4. The molecule has 0 saturated heterocycles. The highest BCUT2D eigenvalue weighted by Gasteiger charge is 2.22. The summed E-state index contributed by atoms with van der Waals surface area (Å²) >= 11 is 3.28. The van der Waals surface area contributed by atoms with Gasteiger partial charge >= 0.3 is 0 Å². The SMILES string of the molecule is C=CCN(C(=O)CSc1ncnc2sc3c(c12)CCC3)c1ccccc1. The smallest absolute Gasteiger partial charge is 0.237 e. The second-order valence-electron chi connectivity index (χ2n) is 6.13. The summed E-state index contributed by atoms with van der Waals surface area (Å²) in [4.78, 5) is 26.0. The van der Waals surface area contributed by atoms with Crippen LogP contribution in [0.1, 0.15) is 16.9 Å². The summed E-state index contributed by atoms with van der Waals surface area (Å²) in [5.74, 6) is 0.402. The van der Waals surface area contributed by atoms with Crippen molar-refractivity contribution in [2.24, 2.45) is 0 Å². The molecule has 0 aliphatic heterocycles. The number of amides is 1. The first-order valence-corrected chi connectivity index (χ1v) is 10.4. The highest BCUT2D eigenvalue weighted by molar-refractivity contribution is 8.00. The summed E-state index contributed by atoms with van der Waals surface area (Å²) in [5, 5.41) is 2.09. The van der Waals surface area contributed by atoms with Crippen LogP contribution >= 0.6 is 23.1 Å². The Morgan fingerprint density at radius 1 is 1.27 bits per heavy atom. The Morgan fingerprint density at radius 2 is 2.12 bits per heavy atom. The van der Waals surface area contributed by atoms with Crippen LogP contribution in [-0.4, -0.2) is 28.2 Å². The van der Waals surface area contributed by atoms with Gasteiger partial charge in [-0.05, 0) is 37.0 Å². The number of carbonyl (C=O) groups is 1. The molecule has 0 spiro atoms. The molecule has 3 aromatic rings. The average Bonchev–Trinajstić information content (AvgIpc) is 3.26. The number of thioether (sulfide) groups is 1. The average molecular weight is 382 g/mol. The van der Waals surface area contributed by atoms with Crippen molar-refractivity contribution < 1.29 is 4.79 Å². The lowest BCUT2D eigenvalue weighted by Gasteiger charge is -2.21. The highest BCUT2D eigenvalue weighted by Crippen LogP contribution is 2.40. The van der Waals surface area contributed by atoms with Gasteiger partial charge in [-0.25, -0.2) is 9.97 Å². The first-order chi connectivity index (χ1) is 12.8.